The van der Waals surface area contributed by atoms with Crippen molar-refractivity contribution in [2.24, 2.45) is 11.8 Å². The number of carbonyl (C=O) groups is 1. The monoisotopic (exact) mass is 501 g/mol. The molecule has 3 aromatic carbocycles. The Kier molecular flexibility index (Phi) is 6.32. The van der Waals surface area contributed by atoms with E-state index in [2.05, 4.69) is 54.6 Å². The number of amides is 1. The maximum Gasteiger partial charge on any atom is 0.225 e. The molecular formula is C30H31NO4S. The van der Waals surface area contributed by atoms with Gasteiger partial charge < -0.3 is 19.1 Å². The first-order chi connectivity index (χ1) is 17.6. The van der Waals surface area contributed by atoms with Crippen LogP contribution < -0.4 is 9.47 Å². The second kappa shape index (κ2) is 9.75. The number of carbonyl (C=O) groups excluding carboxylic acids is 1. The molecule has 0 N–H and O–H groups in total. The predicted molar refractivity (Wildman–Crippen MR) is 145 cm³/mol. The zero-order valence-electron chi connectivity index (χ0n) is 20.8. The lowest BCUT2D eigenvalue weighted by Crippen LogP contribution is -2.35. The van der Waals surface area contributed by atoms with Gasteiger partial charge in [-0.25, -0.2) is 0 Å². The number of thiophene rings is 1. The summed E-state index contributed by atoms with van der Waals surface area (Å²) in [7, 11) is 0. The molecule has 0 saturated carbocycles. The molecule has 0 spiro atoms. The number of hydrogen-bond donors (Lipinski definition) is 0. The highest BCUT2D eigenvalue weighted by Gasteiger charge is 2.26. The van der Waals surface area contributed by atoms with Crippen LogP contribution in [0.1, 0.15) is 25.8 Å². The quantitative estimate of drug-likeness (QED) is 0.313. The number of fused-ring (bicyclic) bond motifs is 4. The summed E-state index contributed by atoms with van der Waals surface area (Å²) in [5.74, 6) is 2.00. The van der Waals surface area contributed by atoms with Gasteiger partial charge in [0, 0.05) is 50.7 Å². The summed E-state index contributed by atoms with van der Waals surface area (Å²) < 4.78 is 20.7. The molecule has 4 aromatic rings. The zero-order chi connectivity index (χ0) is 24.6. The van der Waals surface area contributed by atoms with Crippen LogP contribution in [0.25, 0.3) is 31.3 Å². The molecule has 1 aromatic heterocycles. The Morgan fingerprint density at radius 3 is 2.75 bits per heavy atom. The molecule has 0 aliphatic carbocycles. The summed E-state index contributed by atoms with van der Waals surface area (Å²) in [6, 6.07) is 19.5. The Morgan fingerprint density at radius 2 is 1.92 bits per heavy atom. The molecule has 5 nitrogen and oxygen atoms in total. The first-order valence-corrected chi connectivity index (χ1v) is 13.6. The number of nitrogens with zero attached hydrogens (tertiary/aromatic N) is 1. The molecule has 1 fully saturated rings. The van der Waals surface area contributed by atoms with Crippen LogP contribution in [0.15, 0.2) is 54.6 Å². The van der Waals surface area contributed by atoms with Gasteiger partial charge in [-0.05, 0) is 47.9 Å². The maximum atomic E-state index is 12.9. The average molecular weight is 502 g/mol. The van der Waals surface area contributed by atoms with Gasteiger partial charge in [-0.1, -0.05) is 38.1 Å². The van der Waals surface area contributed by atoms with Crippen LogP contribution in [0.2, 0.25) is 0 Å². The van der Waals surface area contributed by atoms with E-state index in [1.165, 1.54) is 20.2 Å². The molecule has 36 heavy (non-hydrogen) atoms. The van der Waals surface area contributed by atoms with Gasteiger partial charge in [0.1, 0.15) is 6.61 Å². The van der Waals surface area contributed by atoms with Gasteiger partial charge in [0.25, 0.3) is 0 Å². The molecule has 1 saturated heterocycles. The smallest absolute Gasteiger partial charge is 0.225 e. The topological polar surface area (TPSA) is 48.0 Å². The van der Waals surface area contributed by atoms with Crippen LogP contribution in [0, 0.1) is 11.8 Å². The van der Waals surface area contributed by atoms with E-state index in [9.17, 15) is 4.79 Å². The van der Waals surface area contributed by atoms with E-state index in [0.717, 1.165) is 47.8 Å². The third-order valence-corrected chi connectivity index (χ3v) is 8.27. The number of hydrogen-bond acceptors (Lipinski definition) is 5. The lowest BCUT2D eigenvalue weighted by atomic mass is 9.99. The first-order valence-electron chi connectivity index (χ1n) is 12.8. The van der Waals surface area contributed by atoms with Gasteiger partial charge in [-0.15, -0.1) is 11.3 Å². The van der Waals surface area contributed by atoms with Crippen LogP contribution in [-0.2, 0) is 16.1 Å². The van der Waals surface area contributed by atoms with Crippen molar-refractivity contribution in [2.75, 3.05) is 33.0 Å². The fourth-order valence-corrected chi connectivity index (χ4v) is 6.23. The van der Waals surface area contributed by atoms with Crippen molar-refractivity contribution >= 4 is 37.4 Å². The van der Waals surface area contributed by atoms with E-state index >= 15 is 0 Å². The standard InChI is InChI=1S/C30H31NO4S/c1-19(2)30(32)31-10-12-34-29-23(16-31)13-22(15-26(29)35-18-20-9-11-33-17-20)21-7-8-28-25(14-21)24-5-3-4-6-27(24)36-28/h3-8,13-15,19-20H,9-12,16-18H2,1-2H3. The van der Waals surface area contributed by atoms with Gasteiger partial charge in [0.05, 0.1) is 19.8 Å². The van der Waals surface area contributed by atoms with E-state index in [1.54, 1.807) is 0 Å². The van der Waals surface area contributed by atoms with Gasteiger partial charge in [-0.3, -0.25) is 4.79 Å². The van der Waals surface area contributed by atoms with Gasteiger partial charge in [-0.2, -0.15) is 0 Å². The lowest BCUT2D eigenvalue weighted by molar-refractivity contribution is -0.135. The van der Waals surface area contributed by atoms with Crippen LogP contribution in [0.4, 0.5) is 0 Å². The molecule has 0 radical (unpaired) electrons. The summed E-state index contributed by atoms with van der Waals surface area (Å²) in [5.41, 5.74) is 3.20. The van der Waals surface area contributed by atoms with Crippen molar-refractivity contribution in [2.45, 2.75) is 26.8 Å². The Labute approximate surface area is 215 Å². The van der Waals surface area contributed by atoms with E-state index in [1.807, 2.05) is 30.1 Å². The van der Waals surface area contributed by atoms with Crippen LogP contribution in [-0.4, -0.2) is 43.8 Å². The molecule has 2 aliphatic heterocycles. The predicted octanol–water partition coefficient (Wildman–Crippen LogP) is 6.51. The fourth-order valence-electron chi connectivity index (χ4n) is 5.14. The molecule has 1 unspecified atom stereocenters. The number of benzene rings is 3. The van der Waals surface area contributed by atoms with Crippen LogP contribution in [0.3, 0.4) is 0 Å². The highest BCUT2D eigenvalue weighted by atomic mass is 32.1. The third kappa shape index (κ3) is 4.44. The molecule has 6 rings (SSSR count). The second-order valence-electron chi connectivity index (χ2n) is 10.1. The van der Waals surface area contributed by atoms with Crippen molar-refractivity contribution in [3.63, 3.8) is 0 Å². The van der Waals surface area contributed by atoms with Crippen LogP contribution in [0.5, 0.6) is 11.5 Å². The Bertz CT molecular complexity index is 1420. The van der Waals surface area contributed by atoms with E-state index in [0.29, 0.717) is 32.2 Å². The number of ether oxygens (including phenoxy) is 3. The SMILES string of the molecule is CC(C)C(=O)N1CCOc2c(cc(-c3ccc4sc5ccccc5c4c3)cc2OCC2CCOC2)C1. The minimum atomic E-state index is -0.0536. The maximum absolute atomic E-state index is 12.9. The zero-order valence-corrected chi connectivity index (χ0v) is 21.6. The third-order valence-electron chi connectivity index (χ3n) is 7.11. The lowest BCUT2D eigenvalue weighted by Gasteiger charge is -2.22. The largest absolute Gasteiger partial charge is 0.489 e. The van der Waals surface area contributed by atoms with Crippen molar-refractivity contribution in [1.82, 2.24) is 4.90 Å². The summed E-state index contributed by atoms with van der Waals surface area (Å²) in [6.45, 7) is 7.58. The molecular weight excluding hydrogens is 470 g/mol. The van der Waals surface area contributed by atoms with Gasteiger partial charge in [0.2, 0.25) is 5.91 Å². The second-order valence-corrected chi connectivity index (χ2v) is 11.2. The number of rotatable bonds is 5. The van der Waals surface area contributed by atoms with E-state index < -0.39 is 0 Å². The van der Waals surface area contributed by atoms with E-state index in [-0.39, 0.29) is 11.8 Å². The Balaban J connectivity index is 1.42. The minimum Gasteiger partial charge on any atom is -0.489 e. The molecule has 3 heterocycles. The fraction of sp³-hybridized carbons (Fsp3) is 0.367. The molecule has 6 heteroatoms. The molecule has 0 bridgehead atoms. The Morgan fingerprint density at radius 1 is 1.06 bits per heavy atom. The van der Waals surface area contributed by atoms with Crippen molar-refractivity contribution < 1.29 is 19.0 Å². The van der Waals surface area contributed by atoms with Crippen molar-refractivity contribution in [3.05, 3.63) is 60.2 Å². The van der Waals surface area contributed by atoms with Crippen molar-refractivity contribution in [3.8, 4) is 22.6 Å². The molecule has 2 aliphatic rings. The highest BCUT2D eigenvalue weighted by molar-refractivity contribution is 7.25. The van der Waals surface area contributed by atoms with Gasteiger partial charge in [0.15, 0.2) is 11.5 Å². The summed E-state index contributed by atoms with van der Waals surface area (Å²) in [4.78, 5) is 14.8. The molecule has 1 atom stereocenters. The minimum absolute atomic E-state index is 0.0536. The molecule has 186 valence electrons. The van der Waals surface area contributed by atoms with Gasteiger partial charge >= 0.3 is 0 Å². The first kappa shape index (κ1) is 23.3. The average Bonchev–Trinajstić information content (AvgIpc) is 3.48. The van der Waals surface area contributed by atoms with E-state index in [4.69, 9.17) is 14.2 Å². The van der Waals surface area contributed by atoms with Crippen LogP contribution >= 0.6 is 11.3 Å². The summed E-state index contributed by atoms with van der Waals surface area (Å²) in [5, 5.41) is 2.55. The normalized spacial score (nSPS) is 17.9. The molecule has 1 amide bonds. The van der Waals surface area contributed by atoms with Crippen molar-refractivity contribution in [1.29, 1.82) is 0 Å². The summed E-state index contributed by atoms with van der Waals surface area (Å²) in [6.07, 6.45) is 1.02. The summed E-state index contributed by atoms with van der Waals surface area (Å²) >= 11 is 1.82. The Hall–Kier alpha value is -3.09. The highest BCUT2D eigenvalue weighted by Crippen LogP contribution is 2.41.